The van der Waals surface area contributed by atoms with Gasteiger partial charge in [-0.15, -0.1) is 0 Å². The van der Waals surface area contributed by atoms with Crippen molar-refractivity contribution in [3.8, 4) is 0 Å². The first-order valence-corrected chi connectivity index (χ1v) is 6.74. The van der Waals surface area contributed by atoms with Gasteiger partial charge in [0.05, 0.1) is 0 Å². The zero-order chi connectivity index (χ0) is 13.8. The van der Waals surface area contributed by atoms with E-state index >= 15 is 0 Å². The van der Waals surface area contributed by atoms with Crippen LogP contribution in [0.15, 0.2) is 18.2 Å². The van der Waals surface area contributed by atoms with Crippen LogP contribution in [-0.4, -0.2) is 30.2 Å². The van der Waals surface area contributed by atoms with Gasteiger partial charge in [-0.25, -0.2) is 0 Å². The average molecular weight is 249 g/mol. The zero-order valence-corrected chi connectivity index (χ0v) is 12.5. The SMILES string of the molecule is Cc1cc(C(C)(C)C)ccc1CN(C)CCCO. The van der Waals surface area contributed by atoms with Gasteiger partial charge >= 0.3 is 0 Å². The third-order valence-electron chi connectivity index (χ3n) is 3.35. The van der Waals surface area contributed by atoms with Crippen LogP contribution in [0.3, 0.4) is 0 Å². The zero-order valence-electron chi connectivity index (χ0n) is 12.5. The van der Waals surface area contributed by atoms with E-state index in [0.29, 0.717) is 0 Å². The number of hydrogen-bond acceptors (Lipinski definition) is 2. The fourth-order valence-electron chi connectivity index (χ4n) is 2.05. The first kappa shape index (κ1) is 15.2. The standard InChI is InChI=1S/C16H27NO/c1-13-11-15(16(2,3)4)8-7-14(13)12-17(5)9-6-10-18/h7-8,11,18H,6,9-10,12H2,1-5H3. The minimum absolute atomic E-state index is 0.214. The van der Waals surface area contributed by atoms with E-state index in [-0.39, 0.29) is 12.0 Å². The second kappa shape index (κ2) is 6.35. The van der Waals surface area contributed by atoms with Gasteiger partial charge < -0.3 is 10.0 Å². The van der Waals surface area contributed by atoms with Crippen molar-refractivity contribution in [1.29, 1.82) is 0 Å². The van der Waals surface area contributed by atoms with Gasteiger partial charge in [-0.05, 0) is 42.5 Å². The average Bonchev–Trinajstić information content (AvgIpc) is 2.27. The summed E-state index contributed by atoms with van der Waals surface area (Å²) >= 11 is 0. The predicted octanol–water partition coefficient (Wildman–Crippen LogP) is 3.11. The first-order chi connectivity index (χ1) is 8.34. The van der Waals surface area contributed by atoms with Crippen LogP contribution in [-0.2, 0) is 12.0 Å². The fraction of sp³-hybridized carbons (Fsp3) is 0.625. The highest BCUT2D eigenvalue weighted by Crippen LogP contribution is 2.24. The normalized spacial score (nSPS) is 12.2. The van der Waals surface area contributed by atoms with Crippen LogP contribution in [0, 0.1) is 6.92 Å². The second-order valence-electron chi connectivity index (χ2n) is 6.21. The molecule has 0 aromatic heterocycles. The number of benzene rings is 1. The summed E-state index contributed by atoms with van der Waals surface area (Å²) in [5, 5.41) is 8.84. The Kier molecular flexibility index (Phi) is 5.36. The van der Waals surface area contributed by atoms with Crippen LogP contribution in [0.4, 0.5) is 0 Å². The van der Waals surface area contributed by atoms with Crippen molar-refractivity contribution >= 4 is 0 Å². The summed E-state index contributed by atoms with van der Waals surface area (Å²) in [7, 11) is 2.10. The van der Waals surface area contributed by atoms with Crippen LogP contribution < -0.4 is 0 Å². The molecule has 0 unspecified atom stereocenters. The molecule has 0 bridgehead atoms. The second-order valence-corrected chi connectivity index (χ2v) is 6.21. The molecule has 0 radical (unpaired) electrons. The van der Waals surface area contributed by atoms with E-state index in [1.807, 2.05) is 0 Å². The van der Waals surface area contributed by atoms with Gasteiger partial charge in [0.25, 0.3) is 0 Å². The predicted molar refractivity (Wildman–Crippen MR) is 77.9 cm³/mol. The Morgan fingerprint density at radius 1 is 1.22 bits per heavy atom. The van der Waals surface area contributed by atoms with Crippen molar-refractivity contribution in [3.05, 3.63) is 34.9 Å². The maximum atomic E-state index is 8.84. The highest BCUT2D eigenvalue weighted by molar-refractivity contribution is 5.34. The Balaban J connectivity index is 2.74. The molecular formula is C16H27NO. The Hall–Kier alpha value is -0.860. The van der Waals surface area contributed by atoms with E-state index in [2.05, 4.69) is 57.8 Å². The highest BCUT2D eigenvalue weighted by atomic mass is 16.3. The number of hydrogen-bond donors (Lipinski definition) is 1. The van der Waals surface area contributed by atoms with Crippen molar-refractivity contribution < 1.29 is 5.11 Å². The molecule has 0 saturated heterocycles. The minimum atomic E-state index is 0.214. The lowest BCUT2D eigenvalue weighted by molar-refractivity contribution is 0.244. The molecule has 0 saturated carbocycles. The molecule has 0 heterocycles. The van der Waals surface area contributed by atoms with Gasteiger partial charge in [0.15, 0.2) is 0 Å². The summed E-state index contributed by atoms with van der Waals surface area (Å²) in [4.78, 5) is 2.26. The van der Waals surface area contributed by atoms with E-state index in [1.54, 1.807) is 0 Å². The number of aliphatic hydroxyl groups is 1. The third-order valence-corrected chi connectivity index (χ3v) is 3.35. The fourth-order valence-corrected chi connectivity index (χ4v) is 2.05. The van der Waals surface area contributed by atoms with Crippen molar-refractivity contribution in [3.63, 3.8) is 0 Å². The topological polar surface area (TPSA) is 23.5 Å². The maximum absolute atomic E-state index is 8.84. The molecule has 1 rings (SSSR count). The highest BCUT2D eigenvalue weighted by Gasteiger charge is 2.14. The van der Waals surface area contributed by atoms with Crippen molar-refractivity contribution in [2.75, 3.05) is 20.2 Å². The molecule has 102 valence electrons. The quantitative estimate of drug-likeness (QED) is 0.866. The molecule has 1 aromatic carbocycles. The molecule has 18 heavy (non-hydrogen) atoms. The lowest BCUT2D eigenvalue weighted by Crippen LogP contribution is -2.20. The maximum Gasteiger partial charge on any atom is 0.0443 e. The van der Waals surface area contributed by atoms with Crippen LogP contribution >= 0.6 is 0 Å². The molecule has 0 amide bonds. The number of rotatable bonds is 5. The summed E-state index contributed by atoms with van der Waals surface area (Å²) in [6, 6.07) is 6.78. The van der Waals surface area contributed by atoms with E-state index < -0.39 is 0 Å². The Bertz CT molecular complexity index is 379. The molecule has 0 fully saturated rings. The Morgan fingerprint density at radius 3 is 2.39 bits per heavy atom. The van der Waals surface area contributed by atoms with Gasteiger partial charge in [0.2, 0.25) is 0 Å². The smallest absolute Gasteiger partial charge is 0.0443 e. The van der Waals surface area contributed by atoms with Crippen molar-refractivity contribution in [2.24, 2.45) is 0 Å². The third kappa shape index (κ3) is 4.43. The summed E-state index contributed by atoms with van der Waals surface area (Å²) < 4.78 is 0. The molecule has 2 nitrogen and oxygen atoms in total. The molecule has 1 aromatic rings. The van der Waals surface area contributed by atoms with Crippen LogP contribution in [0.25, 0.3) is 0 Å². The van der Waals surface area contributed by atoms with Gasteiger partial charge in [-0.2, -0.15) is 0 Å². The van der Waals surface area contributed by atoms with Crippen molar-refractivity contribution in [2.45, 2.75) is 46.1 Å². The van der Waals surface area contributed by atoms with Crippen LogP contribution in [0.2, 0.25) is 0 Å². The molecule has 2 heteroatoms. The van der Waals surface area contributed by atoms with Gasteiger partial charge in [-0.1, -0.05) is 39.0 Å². The van der Waals surface area contributed by atoms with Crippen LogP contribution in [0.1, 0.15) is 43.9 Å². The molecule has 0 spiro atoms. The molecule has 0 aliphatic rings. The first-order valence-electron chi connectivity index (χ1n) is 6.74. The monoisotopic (exact) mass is 249 g/mol. The molecule has 1 N–H and O–H groups in total. The minimum Gasteiger partial charge on any atom is -0.396 e. The molecule has 0 aliphatic carbocycles. The van der Waals surface area contributed by atoms with E-state index in [9.17, 15) is 0 Å². The van der Waals surface area contributed by atoms with E-state index in [0.717, 1.165) is 19.5 Å². The van der Waals surface area contributed by atoms with Gasteiger partial charge in [-0.3, -0.25) is 0 Å². The summed E-state index contributed by atoms with van der Waals surface area (Å²) in [6.07, 6.45) is 0.843. The molecule has 0 aliphatic heterocycles. The van der Waals surface area contributed by atoms with E-state index in [4.69, 9.17) is 5.11 Å². The number of aliphatic hydroxyl groups excluding tert-OH is 1. The Morgan fingerprint density at radius 2 is 1.89 bits per heavy atom. The van der Waals surface area contributed by atoms with Crippen LogP contribution in [0.5, 0.6) is 0 Å². The number of nitrogens with zero attached hydrogens (tertiary/aromatic N) is 1. The number of aryl methyl sites for hydroxylation is 1. The van der Waals surface area contributed by atoms with Gasteiger partial charge in [0.1, 0.15) is 0 Å². The molecule has 0 atom stereocenters. The summed E-state index contributed by atoms with van der Waals surface area (Å²) in [5.74, 6) is 0. The lowest BCUT2D eigenvalue weighted by Gasteiger charge is -2.22. The molecular weight excluding hydrogens is 222 g/mol. The van der Waals surface area contributed by atoms with E-state index in [1.165, 1.54) is 16.7 Å². The van der Waals surface area contributed by atoms with Gasteiger partial charge in [0, 0.05) is 19.7 Å². The van der Waals surface area contributed by atoms with Crippen molar-refractivity contribution in [1.82, 2.24) is 4.90 Å². The summed E-state index contributed by atoms with van der Waals surface area (Å²) in [6.45, 7) is 11.1. The Labute approximate surface area is 112 Å². The largest absolute Gasteiger partial charge is 0.396 e. The lowest BCUT2D eigenvalue weighted by atomic mass is 9.85. The summed E-state index contributed by atoms with van der Waals surface area (Å²) in [5.41, 5.74) is 4.34.